The van der Waals surface area contributed by atoms with Crippen LogP contribution in [0.5, 0.6) is 0 Å². The number of nitrogens with zero attached hydrogens (tertiary/aromatic N) is 2. The molecule has 2 aromatic rings. The third-order valence-electron chi connectivity index (χ3n) is 6.68. The fourth-order valence-electron chi connectivity index (χ4n) is 5.34. The summed E-state index contributed by atoms with van der Waals surface area (Å²) in [7, 11) is 0. The Bertz CT molecular complexity index is 837. The van der Waals surface area contributed by atoms with Crippen LogP contribution in [0.4, 0.5) is 5.69 Å². The van der Waals surface area contributed by atoms with Gasteiger partial charge in [0.25, 0.3) is 0 Å². The van der Waals surface area contributed by atoms with E-state index in [2.05, 4.69) is 34.1 Å². The molecule has 2 fully saturated rings. The van der Waals surface area contributed by atoms with Crippen molar-refractivity contribution in [2.24, 2.45) is 5.92 Å². The van der Waals surface area contributed by atoms with Crippen molar-refractivity contribution in [3.8, 4) is 0 Å². The first kappa shape index (κ1) is 16.3. The average Bonchev–Trinajstić information content (AvgIpc) is 3.20. The number of hydrogen-bond acceptors (Lipinski definition) is 3. The van der Waals surface area contributed by atoms with E-state index < -0.39 is 0 Å². The summed E-state index contributed by atoms with van der Waals surface area (Å²) in [6, 6.07) is 10.7. The third-order valence-corrected chi connectivity index (χ3v) is 6.68. The van der Waals surface area contributed by atoms with Gasteiger partial charge >= 0.3 is 0 Å². The lowest BCUT2D eigenvalue weighted by atomic mass is 10.0. The molecule has 1 saturated carbocycles. The third kappa shape index (κ3) is 2.83. The Morgan fingerprint density at radius 1 is 0.923 bits per heavy atom. The molecule has 136 valence electrons. The summed E-state index contributed by atoms with van der Waals surface area (Å²) in [6.45, 7) is 5.91. The predicted molar refractivity (Wildman–Crippen MR) is 107 cm³/mol. The molecule has 5 rings (SSSR count). The first-order valence-corrected chi connectivity index (χ1v) is 10.3. The van der Waals surface area contributed by atoms with Crippen LogP contribution in [0.25, 0.3) is 10.8 Å². The second-order valence-corrected chi connectivity index (χ2v) is 8.36. The molecule has 0 radical (unpaired) electrons. The van der Waals surface area contributed by atoms with Gasteiger partial charge in [0, 0.05) is 49.2 Å². The number of carbonyl (C=O) groups excluding carboxylic acids is 1. The van der Waals surface area contributed by atoms with E-state index in [9.17, 15) is 4.79 Å². The largest absolute Gasteiger partial charge is 0.370 e. The van der Waals surface area contributed by atoms with Crippen LogP contribution in [0.3, 0.4) is 0 Å². The molecule has 0 amide bonds. The van der Waals surface area contributed by atoms with Gasteiger partial charge in [0.1, 0.15) is 0 Å². The molecule has 26 heavy (non-hydrogen) atoms. The molecule has 1 aliphatic heterocycles. The van der Waals surface area contributed by atoms with E-state index in [0.29, 0.717) is 6.42 Å². The number of Topliss-reactive ketones (excluding diaryl/α,β-unsaturated/α-hetero) is 1. The van der Waals surface area contributed by atoms with E-state index in [1.807, 2.05) is 6.07 Å². The van der Waals surface area contributed by atoms with E-state index in [0.717, 1.165) is 24.6 Å². The van der Waals surface area contributed by atoms with Crippen molar-refractivity contribution >= 4 is 22.2 Å². The molecule has 0 atom stereocenters. The summed E-state index contributed by atoms with van der Waals surface area (Å²) in [5.41, 5.74) is 3.46. The van der Waals surface area contributed by atoms with Gasteiger partial charge in [-0.15, -0.1) is 0 Å². The first-order chi connectivity index (χ1) is 12.8. The number of hydrogen-bond donors (Lipinski definition) is 0. The lowest BCUT2D eigenvalue weighted by molar-refractivity contribution is 0.1000. The lowest BCUT2D eigenvalue weighted by Crippen LogP contribution is -2.33. The quantitative estimate of drug-likeness (QED) is 0.827. The zero-order valence-corrected chi connectivity index (χ0v) is 15.5. The van der Waals surface area contributed by atoms with Gasteiger partial charge in [-0.3, -0.25) is 4.79 Å². The highest BCUT2D eigenvalue weighted by atomic mass is 16.1. The van der Waals surface area contributed by atoms with Crippen LogP contribution in [-0.4, -0.2) is 43.4 Å². The lowest BCUT2D eigenvalue weighted by Gasteiger charge is -2.26. The van der Waals surface area contributed by atoms with Crippen molar-refractivity contribution in [3.05, 3.63) is 41.5 Å². The van der Waals surface area contributed by atoms with Gasteiger partial charge in [0.15, 0.2) is 5.78 Å². The van der Waals surface area contributed by atoms with Crippen LogP contribution in [0, 0.1) is 5.92 Å². The van der Waals surface area contributed by atoms with Crippen molar-refractivity contribution < 1.29 is 4.79 Å². The van der Waals surface area contributed by atoms with Crippen LogP contribution in [0.1, 0.15) is 48.0 Å². The summed E-state index contributed by atoms with van der Waals surface area (Å²) in [4.78, 5) is 17.5. The van der Waals surface area contributed by atoms with Crippen LogP contribution in [0.2, 0.25) is 0 Å². The molecule has 2 aromatic carbocycles. The van der Waals surface area contributed by atoms with E-state index in [-0.39, 0.29) is 5.78 Å². The van der Waals surface area contributed by atoms with Gasteiger partial charge in [-0.05, 0) is 48.7 Å². The Labute approximate surface area is 156 Å². The zero-order chi connectivity index (χ0) is 17.5. The smallest absolute Gasteiger partial charge is 0.167 e. The number of rotatable bonds is 3. The van der Waals surface area contributed by atoms with Gasteiger partial charge < -0.3 is 9.80 Å². The minimum Gasteiger partial charge on any atom is -0.370 e. The summed E-state index contributed by atoms with van der Waals surface area (Å²) in [5, 5.41) is 2.48. The Balaban J connectivity index is 1.39. The van der Waals surface area contributed by atoms with Crippen LogP contribution in [0.15, 0.2) is 30.3 Å². The van der Waals surface area contributed by atoms with E-state index in [1.54, 1.807) is 0 Å². The van der Waals surface area contributed by atoms with E-state index >= 15 is 0 Å². The molecule has 1 heterocycles. The maximum atomic E-state index is 12.3. The molecule has 0 aromatic heterocycles. The zero-order valence-electron chi connectivity index (χ0n) is 15.5. The number of carbonyl (C=O) groups is 1. The fourth-order valence-corrected chi connectivity index (χ4v) is 5.34. The van der Waals surface area contributed by atoms with Crippen molar-refractivity contribution in [2.45, 2.75) is 38.5 Å². The second-order valence-electron chi connectivity index (χ2n) is 8.36. The normalized spacial score (nSPS) is 21.7. The maximum Gasteiger partial charge on any atom is 0.167 e. The van der Waals surface area contributed by atoms with Crippen molar-refractivity contribution in [1.29, 1.82) is 0 Å². The second kappa shape index (κ2) is 6.70. The fraction of sp³-hybridized carbons (Fsp3) is 0.522. The van der Waals surface area contributed by atoms with Crippen molar-refractivity contribution in [1.82, 2.24) is 4.90 Å². The molecule has 0 spiro atoms. The predicted octanol–water partition coefficient (Wildman–Crippen LogP) is 4.28. The van der Waals surface area contributed by atoms with Gasteiger partial charge in [0.05, 0.1) is 0 Å². The topological polar surface area (TPSA) is 23.6 Å². The monoisotopic (exact) mass is 348 g/mol. The highest BCUT2D eigenvalue weighted by Crippen LogP contribution is 2.37. The average molecular weight is 348 g/mol. The number of ketones is 1. The molecule has 3 nitrogen and oxygen atoms in total. The molecule has 3 heteroatoms. The maximum absolute atomic E-state index is 12.3. The number of benzene rings is 2. The minimum atomic E-state index is 0.279. The van der Waals surface area contributed by atoms with Gasteiger partial charge in [0.2, 0.25) is 0 Å². The highest BCUT2D eigenvalue weighted by molar-refractivity contribution is 6.17. The molecular formula is C23H28N2O. The summed E-state index contributed by atoms with van der Waals surface area (Å²) >= 11 is 0. The van der Waals surface area contributed by atoms with Crippen LogP contribution < -0.4 is 4.90 Å². The van der Waals surface area contributed by atoms with Crippen LogP contribution >= 0.6 is 0 Å². The van der Waals surface area contributed by atoms with Crippen LogP contribution in [-0.2, 0) is 6.42 Å². The molecule has 1 saturated heterocycles. The van der Waals surface area contributed by atoms with Gasteiger partial charge in [-0.1, -0.05) is 37.1 Å². The molecule has 0 bridgehead atoms. The summed E-state index contributed by atoms with van der Waals surface area (Å²) < 4.78 is 0. The van der Waals surface area contributed by atoms with E-state index in [1.165, 1.54) is 73.8 Å². The molecule has 3 aliphatic rings. The van der Waals surface area contributed by atoms with E-state index in [4.69, 9.17) is 0 Å². The van der Waals surface area contributed by atoms with Gasteiger partial charge in [-0.2, -0.15) is 0 Å². The number of anilines is 1. The SMILES string of the molecule is O=C1Cc2ccc(N3CCCN(CC4CCCC4)CC3)c3cccc1c23. The standard InChI is InChI=1S/C23H28N2O/c26-22-15-18-9-10-21(19-7-3-8-20(22)23(18)19)25-12-4-11-24(13-14-25)16-17-5-1-2-6-17/h3,7-10,17H,1-2,4-6,11-16H2. The molecule has 0 N–H and O–H groups in total. The summed E-state index contributed by atoms with van der Waals surface area (Å²) in [6.07, 6.45) is 7.54. The molecular weight excluding hydrogens is 320 g/mol. The minimum absolute atomic E-state index is 0.279. The van der Waals surface area contributed by atoms with Crippen molar-refractivity contribution in [2.75, 3.05) is 37.6 Å². The molecule has 2 aliphatic carbocycles. The Hall–Kier alpha value is -1.87. The highest BCUT2D eigenvalue weighted by Gasteiger charge is 2.25. The Morgan fingerprint density at radius 2 is 1.81 bits per heavy atom. The molecule has 0 unspecified atom stereocenters. The first-order valence-electron chi connectivity index (χ1n) is 10.3. The summed E-state index contributed by atoms with van der Waals surface area (Å²) in [5.74, 6) is 1.21. The van der Waals surface area contributed by atoms with Crippen molar-refractivity contribution in [3.63, 3.8) is 0 Å². The Kier molecular flexibility index (Phi) is 4.20. The van der Waals surface area contributed by atoms with Gasteiger partial charge in [-0.25, -0.2) is 0 Å². The Morgan fingerprint density at radius 3 is 2.69 bits per heavy atom.